The number of hydrogen-bond donors (Lipinski definition) is 1. The Morgan fingerprint density at radius 1 is 1.14 bits per heavy atom. The topological polar surface area (TPSA) is 124 Å². The highest BCUT2D eigenvalue weighted by Gasteiger charge is 2.22. The monoisotopic (exact) mass is 400 g/mol. The lowest BCUT2D eigenvalue weighted by atomic mass is 10.1. The molecule has 1 heterocycles. The molecule has 0 unspecified atom stereocenters. The van der Waals surface area contributed by atoms with Gasteiger partial charge in [-0.05, 0) is 37.1 Å². The number of benzene rings is 2. The third kappa shape index (κ3) is 4.23. The molecule has 1 N–H and O–H groups in total. The summed E-state index contributed by atoms with van der Waals surface area (Å²) < 4.78 is 33.6. The molecule has 0 aliphatic heterocycles. The van der Waals surface area contributed by atoms with Gasteiger partial charge in [-0.15, -0.1) is 0 Å². The third-order valence-electron chi connectivity index (χ3n) is 3.95. The van der Waals surface area contributed by atoms with Crippen LogP contribution in [0, 0.1) is 24.0 Å². The van der Waals surface area contributed by atoms with Crippen molar-refractivity contribution in [1.29, 1.82) is 0 Å². The van der Waals surface area contributed by atoms with Gasteiger partial charge in [0.25, 0.3) is 15.7 Å². The predicted molar refractivity (Wildman–Crippen MR) is 102 cm³/mol. The number of nitro groups is 1. The van der Waals surface area contributed by atoms with Gasteiger partial charge in [0.15, 0.2) is 0 Å². The van der Waals surface area contributed by atoms with Crippen molar-refractivity contribution in [3.05, 3.63) is 76.2 Å². The van der Waals surface area contributed by atoms with Gasteiger partial charge in [0.1, 0.15) is 5.75 Å². The summed E-state index contributed by atoms with van der Waals surface area (Å²) in [4.78, 5) is 18.2. The highest BCUT2D eigenvalue weighted by atomic mass is 32.2. The second kappa shape index (κ2) is 7.61. The van der Waals surface area contributed by atoms with Gasteiger partial charge in [-0.2, -0.15) is 0 Å². The van der Waals surface area contributed by atoms with Gasteiger partial charge in [0, 0.05) is 30.6 Å². The van der Waals surface area contributed by atoms with Crippen LogP contribution in [0.1, 0.15) is 11.1 Å². The lowest BCUT2D eigenvalue weighted by molar-refractivity contribution is -0.385. The van der Waals surface area contributed by atoms with Crippen LogP contribution in [0.25, 0.3) is 0 Å². The van der Waals surface area contributed by atoms with Crippen LogP contribution < -0.4 is 9.46 Å². The smallest absolute Gasteiger partial charge is 0.271 e. The Kier molecular flexibility index (Phi) is 5.23. The summed E-state index contributed by atoms with van der Waals surface area (Å²) in [5.41, 5.74) is 0.896. The van der Waals surface area contributed by atoms with Crippen molar-refractivity contribution < 1.29 is 18.1 Å². The Hall–Kier alpha value is -3.53. The Morgan fingerprint density at radius 3 is 2.61 bits per heavy atom. The number of ether oxygens (including phenoxy) is 1. The number of non-ortho nitro benzene ring substituents is 1. The molecular weight excluding hydrogens is 384 g/mol. The largest absolute Gasteiger partial charge is 0.437 e. The molecule has 9 nitrogen and oxygen atoms in total. The van der Waals surface area contributed by atoms with E-state index in [9.17, 15) is 18.5 Å². The van der Waals surface area contributed by atoms with E-state index < -0.39 is 14.9 Å². The van der Waals surface area contributed by atoms with Gasteiger partial charge < -0.3 is 4.74 Å². The predicted octanol–water partition coefficient (Wildman–Crippen LogP) is 3.59. The Bertz CT molecular complexity index is 1130. The van der Waals surface area contributed by atoms with Crippen molar-refractivity contribution >= 4 is 21.4 Å². The van der Waals surface area contributed by atoms with E-state index in [4.69, 9.17) is 4.74 Å². The lowest BCUT2D eigenvalue weighted by Crippen LogP contribution is -2.15. The zero-order valence-electron chi connectivity index (χ0n) is 15.0. The first kappa shape index (κ1) is 19.2. The molecule has 2 aromatic carbocycles. The van der Waals surface area contributed by atoms with Crippen LogP contribution in [-0.2, 0) is 10.0 Å². The molecule has 0 atom stereocenters. The van der Waals surface area contributed by atoms with Crippen LogP contribution in [0.15, 0.2) is 59.9 Å². The number of aryl methyl sites for hydroxylation is 1. The molecule has 0 saturated heterocycles. The second-order valence-electron chi connectivity index (χ2n) is 5.92. The van der Waals surface area contributed by atoms with Crippen molar-refractivity contribution in [1.82, 2.24) is 9.97 Å². The minimum atomic E-state index is -4.05. The zero-order chi connectivity index (χ0) is 20.3. The van der Waals surface area contributed by atoms with E-state index in [1.54, 1.807) is 32.0 Å². The number of hydrogen-bond acceptors (Lipinski definition) is 7. The number of nitrogens with one attached hydrogen (secondary N) is 1. The zero-order valence-corrected chi connectivity index (χ0v) is 15.8. The maximum absolute atomic E-state index is 12.8. The molecule has 3 aromatic rings. The van der Waals surface area contributed by atoms with Gasteiger partial charge in [0.2, 0.25) is 5.88 Å². The Balaban J connectivity index is 1.91. The number of nitrogens with zero attached hydrogens (tertiary/aromatic N) is 3. The molecule has 0 fully saturated rings. The maximum Gasteiger partial charge on any atom is 0.271 e. The number of aromatic nitrogens is 2. The van der Waals surface area contributed by atoms with E-state index in [2.05, 4.69) is 14.7 Å². The van der Waals surface area contributed by atoms with E-state index >= 15 is 0 Å². The highest BCUT2D eigenvalue weighted by molar-refractivity contribution is 7.92. The molecule has 10 heteroatoms. The normalized spacial score (nSPS) is 11.1. The van der Waals surface area contributed by atoms with Crippen LogP contribution in [0.3, 0.4) is 0 Å². The second-order valence-corrected chi connectivity index (χ2v) is 7.57. The van der Waals surface area contributed by atoms with Gasteiger partial charge in [0.05, 0.1) is 21.7 Å². The fourth-order valence-corrected chi connectivity index (χ4v) is 3.87. The maximum atomic E-state index is 12.8. The quantitative estimate of drug-likeness (QED) is 0.495. The minimum Gasteiger partial charge on any atom is -0.437 e. The van der Waals surface area contributed by atoms with Crippen LogP contribution in [0.5, 0.6) is 11.6 Å². The van der Waals surface area contributed by atoms with Crippen molar-refractivity contribution in [3.63, 3.8) is 0 Å². The van der Waals surface area contributed by atoms with Crippen molar-refractivity contribution in [3.8, 4) is 11.6 Å². The number of sulfonamides is 1. The third-order valence-corrected chi connectivity index (χ3v) is 5.46. The molecule has 144 valence electrons. The van der Waals surface area contributed by atoms with E-state index in [1.165, 1.54) is 30.7 Å². The number of anilines is 1. The molecule has 0 saturated carbocycles. The molecule has 28 heavy (non-hydrogen) atoms. The first-order chi connectivity index (χ1) is 13.3. The first-order valence-corrected chi connectivity index (χ1v) is 9.57. The SMILES string of the molecule is Cc1cc([N+](=O)[O-])cc(S(=O)(=O)Nc2cccc(Oc3cnccn3)c2)c1C. The molecule has 0 aliphatic carbocycles. The summed E-state index contributed by atoms with van der Waals surface area (Å²) in [7, 11) is -4.05. The molecule has 3 rings (SSSR count). The Morgan fingerprint density at radius 2 is 1.93 bits per heavy atom. The standard InChI is InChI=1S/C18H16N4O5S/c1-12-8-15(22(23)24)10-17(13(12)2)28(25,26)21-14-4-3-5-16(9-14)27-18-11-19-6-7-20-18/h3-11,21H,1-2H3. The van der Waals surface area contributed by atoms with Crippen LogP contribution in [0.4, 0.5) is 11.4 Å². The number of rotatable bonds is 6. The molecule has 0 bridgehead atoms. The average molecular weight is 400 g/mol. The fraction of sp³-hybridized carbons (Fsp3) is 0.111. The van der Waals surface area contributed by atoms with Gasteiger partial charge in [-0.25, -0.2) is 13.4 Å². The Labute approximate surface area is 161 Å². The molecular formula is C18H16N4O5S. The van der Waals surface area contributed by atoms with Gasteiger partial charge >= 0.3 is 0 Å². The summed E-state index contributed by atoms with van der Waals surface area (Å²) in [5.74, 6) is 0.611. The van der Waals surface area contributed by atoms with Crippen LogP contribution in [0.2, 0.25) is 0 Å². The lowest BCUT2D eigenvalue weighted by Gasteiger charge is -2.13. The minimum absolute atomic E-state index is 0.153. The summed E-state index contributed by atoms with van der Waals surface area (Å²) >= 11 is 0. The molecule has 0 radical (unpaired) electrons. The average Bonchev–Trinajstić information content (AvgIpc) is 2.64. The summed E-state index contributed by atoms with van der Waals surface area (Å²) in [6, 6.07) is 8.64. The van der Waals surface area contributed by atoms with Crippen molar-refractivity contribution in [2.75, 3.05) is 4.72 Å². The van der Waals surface area contributed by atoms with Crippen molar-refractivity contribution in [2.45, 2.75) is 18.7 Å². The highest BCUT2D eigenvalue weighted by Crippen LogP contribution is 2.28. The van der Waals surface area contributed by atoms with Gasteiger partial charge in [-0.1, -0.05) is 6.07 Å². The molecule has 0 aliphatic rings. The summed E-state index contributed by atoms with van der Waals surface area (Å²) in [6.45, 7) is 3.22. The van der Waals surface area contributed by atoms with E-state index in [0.717, 1.165) is 6.07 Å². The van der Waals surface area contributed by atoms with E-state index in [-0.39, 0.29) is 22.2 Å². The van der Waals surface area contributed by atoms with Gasteiger partial charge in [-0.3, -0.25) is 19.8 Å². The molecule has 0 spiro atoms. The number of nitro benzene ring substituents is 1. The fourth-order valence-electron chi connectivity index (χ4n) is 2.49. The van der Waals surface area contributed by atoms with E-state index in [0.29, 0.717) is 16.9 Å². The van der Waals surface area contributed by atoms with Crippen LogP contribution in [-0.4, -0.2) is 23.3 Å². The summed E-state index contributed by atoms with van der Waals surface area (Å²) in [6.07, 6.45) is 4.39. The van der Waals surface area contributed by atoms with Crippen molar-refractivity contribution in [2.24, 2.45) is 0 Å². The summed E-state index contributed by atoms with van der Waals surface area (Å²) in [5, 5.41) is 11.1. The van der Waals surface area contributed by atoms with E-state index in [1.807, 2.05) is 0 Å². The van der Waals surface area contributed by atoms with Crippen LogP contribution >= 0.6 is 0 Å². The molecule has 0 amide bonds. The first-order valence-electron chi connectivity index (χ1n) is 8.08. The molecule has 1 aromatic heterocycles.